The number of furan rings is 1. The van der Waals surface area contributed by atoms with Gasteiger partial charge in [-0.1, -0.05) is 18.2 Å². The molecular formula is C19H27Cl2F3N4O2. The molecule has 0 saturated carbocycles. The van der Waals surface area contributed by atoms with Gasteiger partial charge in [0.05, 0.1) is 0 Å². The molecular weight excluding hydrogens is 444 g/mol. The highest BCUT2D eigenvalue weighted by Gasteiger charge is 2.44. The first-order chi connectivity index (χ1) is 13.3. The molecule has 1 aromatic heterocycles. The van der Waals surface area contributed by atoms with E-state index >= 15 is 0 Å². The average molecular weight is 471 g/mol. The molecule has 1 unspecified atom stereocenters. The van der Waals surface area contributed by atoms with E-state index in [1.54, 1.807) is 12.1 Å². The van der Waals surface area contributed by atoms with Gasteiger partial charge < -0.3 is 20.0 Å². The van der Waals surface area contributed by atoms with Crippen molar-refractivity contribution in [2.45, 2.75) is 18.8 Å². The molecule has 1 aromatic carbocycles. The number of para-hydroxylation sites is 1. The van der Waals surface area contributed by atoms with E-state index in [-0.39, 0.29) is 43.7 Å². The molecule has 1 aliphatic rings. The Balaban J connectivity index is 0.00000225. The van der Waals surface area contributed by atoms with E-state index in [0.29, 0.717) is 30.8 Å². The fourth-order valence-electron chi connectivity index (χ4n) is 3.47. The van der Waals surface area contributed by atoms with Crippen molar-refractivity contribution in [2.75, 3.05) is 46.8 Å². The van der Waals surface area contributed by atoms with E-state index in [1.165, 1.54) is 4.90 Å². The van der Waals surface area contributed by atoms with Crippen LogP contribution in [0.25, 0.3) is 11.0 Å². The third-order valence-corrected chi connectivity index (χ3v) is 4.81. The van der Waals surface area contributed by atoms with Crippen LogP contribution < -0.4 is 10.6 Å². The Labute approximate surface area is 185 Å². The maximum Gasteiger partial charge on any atom is 0.405 e. The molecule has 11 heteroatoms. The maximum atomic E-state index is 13.5. The highest BCUT2D eigenvalue weighted by atomic mass is 35.5. The zero-order chi connectivity index (χ0) is 20.3. The van der Waals surface area contributed by atoms with Crippen LogP contribution in [0.4, 0.5) is 13.2 Å². The molecule has 1 atom stereocenters. The summed E-state index contributed by atoms with van der Waals surface area (Å²) < 4.78 is 46.3. The van der Waals surface area contributed by atoms with Crippen LogP contribution in [0.15, 0.2) is 28.7 Å². The van der Waals surface area contributed by atoms with Gasteiger partial charge in [-0.3, -0.25) is 9.69 Å². The number of hydrogen-bond donors (Lipinski definition) is 2. The second-order valence-corrected chi connectivity index (χ2v) is 7.20. The predicted molar refractivity (Wildman–Crippen MR) is 115 cm³/mol. The zero-order valence-corrected chi connectivity index (χ0v) is 18.4. The predicted octanol–water partition coefficient (Wildman–Crippen LogP) is 2.90. The first-order valence-corrected chi connectivity index (χ1v) is 9.22. The second kappa shape index (κ2) is 11.2. The number of fused-ring (bicyclic) bond motifs is 1. The number of nitrogens with zero attached hydrogens (tertiary/aromatic N) is 2. The van der Waals surface area contributed by atoms with Gasteiger partial charge in [-0.25, -0.2) is 0 Å². The third-order valence-electron chi connectivity index (χ3n) is 4.81. The van der Waals surface area contributed by atoms with Gasteiger partial charge in [0.25, 0.3) is 5.91 Å². The second-order valence-electron chi connectivity index (χ2n) is 7.20. The lowest BCUT2D eigenvalue weighted by Crippen LogP contribution is -2.57. The number of benzene rings is 1. The van der Waals surface area contributed by atoms with Crippen LogP contribution >= 0.6 is 24.8 Å². The zero-order valence-electron chi connectivity index (χ0n) is 16.8. The molecule has 2 heterocycles. The van der Waals surface area contributed by atoms with Gasteiger partial charge in [0.2, 0.25) is 0 Å². The number of rotatable bonds is 6. The van der Waals surface area contributed by atoms with Crippen molar-refractivity contribution in [1.29, 1.82) is 0 Å². The fourth-order valence-corrected chi connectivity index (χ4v) is 3.47. The van der Waals surface area contributed by atoms with Gasteiger partial charge in [-0.05, 0) is 20.2 Å². The Morgan fingerprint density at radius 3 is 2.47 bits per heavy atom. The average Bonchev–Trinajstić information content (AvgIpc) is 3.00. The van der Waals surface area contributed by atoms with Crippen LogP contribution in [-0.4, -0.2) is 74.7 Å². The van der Waals surface area contributed by atoms with Gasteiger partial charge in [0.15, 0.2) is 5.76 Å². The summed E-state index contributed by atoms with van der Waals surface area (Å²) in [6.07, 6.45) is -4.43. The fraction of sp³-hybridized carbons (Fsp3) is 0.526. The minimum atomic E-state index is -4.43. The van der Waals surface area contributed by atoms with Gasteiger partial charge >= 0.3 is 6.18 Å². The van der Waals surface area contributed by atoms with Gasteiger partial charge in [-0.2, -0.15) is 13.2 Å². The molecule has 1 amide bonds. The Bertz CT molecular complexity index is 824. The normalized spacial score (nSPS) is 16.1. The summed E-state index contributed by atoms with van der Waals surface area (Å²) >= 11 is 0. The topological polar surface area (TPSA) is 60.8 Å². The van der Waals surface area contributed by atoms with Crippen LogP contribution in [0.3, 0.4) is 0 Å². The molecule has 0 spiro atoms. The number of hydrogen-bond acceptors (Lipinski definition) is 5. The number of amides is 1. The molecule has 30 heavy (non-hydrogen) atoms. The lowest BCUT2D eigenvalue weighted by Gasteiger charge is -2.35. The lowest BCUT2D eigenvalue weighted by molar-refractivity contribution is -0.183. The minimum Gasteiger partial charge on any atom is -0.451 e. The van der Waals surface area contributed by atoms with Crippen LogP contribution in [0.5, 0.6) is 0 Å². The third kappa shape index (κ3) is 6.24. The van der Waals surface area contributed by atoms with Crippen molar-refractivity contribution in [3.8, 4) is 0 Å². The number of nitrogens with one attached hydrogen (secondary N) is 2. The van der Waals surface area contributed by atoms with E-state index < -0.39 is 24.7 Å². The number of piperazine rings is 1. The first kappa shape index (κ1) is 26.5. The molecule has 1 saturated heterocycles. The van der Waals surface area contributed by atoms with Crippen molar-refractivity contribution in [2.24, 2.45) is 0 Å². The molecule has 0 radical (unpaired) electrons. The maximum absolute atomic E-state index is 13.5. The summed E-state index contributed by atoms with van der Waals surface area (Å²) in [5, 5.41) is 6.27. The van der Waals surface area contributed by atoms with Gasteiger partial charge in [-0.15, -0.1) is 24.8 Å². The van der Waals surface area contributed by atoms with E-state index in [1.807, 2.05) is 31.1 Å². The van der Waals surface area contributed by atoms with Crippen LogP contribution in [0.1, 0.15) is 16.1 Å². The van der Waals surface area contributed by atoms with Gasteiger partial charge in [0.1, 0.15) is 11.6 Å². The standard InChI is InChI=1S/C19H25F3N4O2.2ClH/c1-25(2)12-14-13-5-3-4-6-15(13)28-17(14)18(27)24-11-16(19(20,21)22)26-9-7-23-8-10-26;;/h3-6,16,23H,7-12H2,1-2H3,(H,24,27);2*1H. The number of alkyl halides is 3. The molecule has 2 N–H and O–H groups in total. The first-order valence-electron chi connectivity index (χ1n) is 9.22. The summed E-state index contributed by atoms with van der Waals surface area (Å²) in [5.41, 5.74) is 1.21. The summed E-state index contributed by atoms with van der Waals surface area (Å²) in [6, 6.07) is 5.48. The smallest absolute Gasteiger partial charge is 0.405 e. The molecule has 6 nitrogen and oxygen atoms in total. The Hall–Kier alpha value is -1.52. The van der Waals surface area contributed by atoms with Crippen molar-refractivity contribution >= 4 is 41.7 Å². The van der Waals surface area contributed by atoms with Crippen LogP contribution in [-0.2, 0) is 6.54 Å². The van der Waals surface area contributed by atoms with Crippen molar-refractivity contribution in [1.82, 2.24) is 20.4 Å². The molecule has 3 rings (SSSR count). The monoisotopic (exact) mass is 470 g/mol. The van der Waals surface area contributed by atoms with Gasteiger partial charge in [0, 0.05) is 50.2 Å². The lowest BCUT2D eigenvalue weighted by atomic mass is 10.1. The van der Waals surface area contributed by atoms with Crippen LogP contribution in [0, 0.1) is 0 Å². The van der Waals surface area contributed by atoms with Crippen molar-refractivity contribution in [3.05, 3.63) is 35.6 Å². The summed E-state index contributed by atoms with van der Waals surface area (Å²) in [6.45, 7) is 1.50. The molecule has 1 fully saturated rings. The largest absolute Gasteiger partial charge is 0.451 e. The molecule has 0 aliphatic carbocycles. The number of halogens is 5. The highest BCUT2D eigenvalue weighted by molar-refractivity contribution is 5.99. The Morgan fingerprint density at radius 2 is 1.87 bits per heavy atom. The SMILES string of the molecule is CN(C)Cc1c(C(=O)NCC(N2CCNCC2)C(F)(F)F)oc2ccccc12.Cl.Cl. The Kier molecular flexibility index (Phi) is 9.90. The molecule has 2 aromatic rings. The summed E-state index contributed by atoms with van der Waals surface area (Å²) in [7, 11) is 3.71. The summed E-state index contributed by atoms with van der Waals surface area (Å²) in [5.74, 6) is -0.562. The number of carbonyl (C=O) groups excluding carboxylic acids is 1. The molecule has 0 bridgehead atoms. The van der Waals surface area contributed by atoms with Crippen LogP contribution in [0.2, 0.25) is 0 Å². The van der Waals surface area contributed by atoms with Crippen molar-refractivity contribution in [3.63, 3.8) is 0 Å². The van der Waals surface area contributed by atoms with Crippen molar-refractivity contribution < 1.29 is 22.4 Å². The van der Waals surface area contributed by atoms with E-state index in [2.05, 4.69) is 10.6 Å². The molecule has 170 valence electrons. The number of carbonyl (C=O) groups is 1. The van der Waals surface area contributed by atoms with E-state index in [0.717, 1.165) is 5.39 Å². The summed E-state index contributed by atoms with van der Waals surface area (Å²) in [4.78, 5) is 15.9. The highest BCUT2D eigenvalue weighted by Crippen LogP contribution is 2.28. The molecule has 1 aliphatic heterocycles. The quantitative estimate of drug-likeness (QED) is 0.679. The minimum absolute atomic E-state index is 0. The van der Waals surface area contributed by atoms with E-state index in [9.17, 15) is 18.0 Å². The Morgan fingerprint density at radius 1 is 1.23 bits per heavy atom. The van der Waals surface area contributed by atoms with E-state index in [4.69, 9.17) is 4.42 Å².